The van der Waals surface area contributed by atoms with Gasteiger partial charge >= 0.3 is 0 Å². The molecule has 0 radical (unpaired) electrons. The average Bonchev–Trinajstić information content (AvgIpc) is 2.86. The van der Waals surface area contributed by atoms with Crippen LogP contribution in [0.3, 0.4) is 0 Å². The number of phenols is 2. The summed E-state index contributed by atoms with van der Waals surface area (Å²) in [5.41, 5.74) is 4.29. The van der Waals surface area contributed by atoms with Gasteiger partial charge in [-0.05, 0) is 87.5 Å². The number of hydrogen-bond donors (Lipinski definition) is 2. The van der Waals surface area contributed by atoms with Gasteiger partial charge in [-0.15, -0.1) is 0 Å². The maximum Gasteiger partial charge on any atom is 0.134 e. The van der Waals surface area contributed by atoms with E-state index in [-0.39, 0.29) is 10.8 Å². The van der Waals surface area contributed by atoms with Crippen molar-refractivity contribution in [2.45, 2.75) is 166 Å². The Labute approximate surface area is 254 Å². The minimum Gasteiger partial charge on any atom is -0.506 e. The first-order valence-electron chi connectivity index (χ1n) is 16.0. The second-order valence-electron chi connectivity index (χ2n) is 15.2. The van der Waals surface area contributed by atoms with E-state index in [4.69, 9.17) is 0 Å². The van der Waals surface area contributed by atoms with Crippen LogP contribution in [0.4, 0.5) is 0 Å². The Kier molecular flexibility index (Phi) is 9.83. The predicted octanol–water partition coefficient (Wildman–Crippen LogP) is 9.37. The van der Waals surface area contributed by atoms with E-state index in [1.54, 1.807) is 0 Å². The zero-order chi connectivity index (χ0) is 30.3. The van der Waals surface area contributed by atoms with Crippen LogP contribution in [0.2, 0.25) is 0 Å². The summed E-state index contributed by atoms with van der Waals surface area (Å²) in [6, 6.07) is 10.7. The molecule has 0 spiro atoms. The van der Waals surface area contributed by atoms with Crippen molar-refractivity contribution < 1.29 is 10.2 Å². The monoisotopic (exact) mass is 580 g/mol. The molecule has 41 heavy (non-hydrogen) atoms. The van der Waals surface area contributed by atoms with E-state index in [9.17, 15) is 10.2 Å². The van der Waals surface area contributed by atoms with Crippen molar-refractivity contribution in [2.24, 2.45) is 0 Å². The van der Waals surface area contributed by atoms with E-state index in [1.165, 1.54) is 61.4 Å². The van der Waals surface area contributed by atoms with E-state index in [2.05, 4.69) is 103 Å². The van der Waals surface area contributed by atoms with Crippen molar-refractivity contribution in [3.05, 3.63) is 46.5 Å². The Hall–Kier alpha value is -1.69. The van der Waals surface area contributed by atoms with Gasteiger partial charge in [0.25, 0.3) is 0 Å². The molecular formula is C36H56N2O2S. The predicted molar refractivity (Wildman–Crippen MR) is 174 cm³/mol. The quantitative estimate of drug-likeness (QED) is 0.356. The van der Waals surface area contributed by atoms with Gasteiger partial charge in [0.15, 0.2) is 0 Å². The van der Waals surface area contributed by atoms with E-state index >= 15 is 0 Å². The standard InChI is InChI=1S/C36H56N2O2S/c1-23-13-11-14-24(2)37(23)21-27-17-29(35(5,6)7)19-31(33(27)39)41-32-20-30(36(8,9)10)18-28(34(32)40)22-38-25(3)15-12-16-26(38)4/h17-20,23-26,39-40H,11-16,21-22H2,1-10H3. The van der Waals surface area contributed by atoms with Gasteiger partial charge in [-0.2, -0.15) is 0 Å². The highest BCUT2D eigenvalue weighted by Gasteiger charge is 2.30. The molecule has 0 amide bonds. The highest BCUT2D eigenvalue weighted by atomic mass is 32.2. The first kappa shape index (κ1) is 32.2. The third-order valence-electron chi connectivity index (χ3n) is 9.72. The number of piperidine rings is 2. The fraction of sp³-hybridized carbons (Fsp3) is 0.667. The summed E-state index contributed by atoms with van der Waals surface area (Å²) < 4.78 is 0. The molecule has 0 saturated carbocycles. The third-order valence-corrected chi connectivity index (χ3v) is 10.8. The van der Waals surface area contributed by atoms with Crippen LogP contribution in [-0.2, 0) is 23.9 Å². The van der Waals surface area contributed by atoms with Crippen molar-refractivity contribution in [3.63, 3.8) is 0 Å². The summed E-state index contributed by atoms with van der Waals surface area (Å²) in [5.74, 6) is 0.710. The lowest BCUT2D eigenvalue weighted by Gasteiger charge is -2.39. The van der Waals surface area contributed by atoms with Crippen molar-refractivity contribution in [3.8, 4) is 11.5 Å². The van der Waals surface area contributed by atoms with E-state index < -0.39 is 0 Å². The maximum absolute atomic E-state index is 11.7. The molecule has 2 heterocycles. The van der Waals surface area contributed by atoms with Crippen molar-refractivity contribution in [1.29, 1.82) is 0 Å². The minimum atomic E-state index is -0.0576. The number of benzene rings is 2. The van der Waals surface area contributed by atoms with Gasteiger partial charge in [-0.3, -0.25) is 9.80 Å². The zero-order valence-electron chi connectivity index (χ0n) is 27.5. The SMILES string of the molecule is CC1CCCC(C)N1Cc1cc(C(C)(C)C)cc(Sc2cc(C(C)(C)C)cc(CN3C(C)CCCC3C)c2O)c1O. The minimum absolute atomic E-state index is 0.0576. The molecule has 4 atom stereocenters. The number of phenolic OH excluding ortho intramolecular Hbond substituents is 2. The normalized spacial score (nSPS) is 25.0. The number of rotatable bonds is 6. The van der Waals surface area contributed by atoms with E-state index in [0.29, 0.717) is 35.7 Å². The van der Waals surface area contributed by atoms with Gasteiger partial charge in [-0.25, -0.2) is 0 Å². The molecule has 5 heteroatoms. The summed E-state index contributed by atoms with van der Waals surface area (Å²) in [7, 11) is 0. The molecule has 4 nitrogen and oxygen atoms in total. The van der Waals surface area contributed by atoms with Crippen LogP contribution in [0.1, 0.15) is 130 Å². The molecule has 0 aliphatic carbocycles. The molecule has 0 aromatic heterocycles. The van der Waals surface area contributed by atoms with Crippen LogP contribution in [0.5, 0.6) is 11.5 Å². The Morgan fingerprint density at radius 1 is 0.610 bits per heavy atom. The average molecular weight is 581 g/mol. The van der Waals surface area contributed by atoms with Crippen LogP contribution in [0.25, 0.3) is 0 Å². The molecule has 0 bridgehead atoms. The second-order valence-corrected chi connectivity index (χ2v) is 16.3. The number of likely N-dealkylation sites (tertiary alicyclic amines) is 2. The fourth-order valence-electron chi connectivity index (χ4n) is 6.68. The lowest BCUT2D eigenvalue weighted by Crippen LogP contribution is -2.43. The lowest BCUT2D eigenvalue weighted by atomic mass is 9.85. The third kappa shape index (κ3) is 7.46. The Bertz CT molecular complexity index is 1100. The molecule has 4 rings (SSSR count). The second kappa shape index (κ2) is 12.5. The van der Waals surface area contributed by atoms with Gasteiger partial charge < -0.3 is 10.2 Å². The van der Waals surface area contributed by atoms with Gasteiger partial charge in [-0.1, -0.05) is 78.3 Å². The van der Waals surface area contributed by atoms with Crippen LogP contribution < -0.4 is 0 Å². The number of aromatic hydroxyl groups is 2. The number of nitrogens with zero attached hydrogens (tertiary/aromatic N) is 2. The van der Waals surface area contributed by atoms with Crippen LogP contribution in [0, 0.1) is 0 Å². The largest absolute Gasteiger partial charge is 0.506 e. The fourth-order valence-corrected chi connectivity index (χ4v) is 7.74. The summed E-state index contributed by atoms with van der Waals surface area (Å²) in [5, 5.41) is 23.5. The molecular weight excluding hydrogens is 524 g/mol. The molecule has 2 aromatic carbocycles. The maximum atomic E-state index is 11.7. The van der Waals surface area contributed by atoms with E-state index in [0.717, 1.165) is 34.0 Å². The Morgan fingerprint density at radius 2 is 0.927 bits per heavy atom. The van der Waals surface area contributed by atoms with Gasteiger partial charge in [0.2, 0.25) is 0 Å². The van der Waals surface area contributed by atoms with Crippen LogP contribution >= 0.6 is 11.8 Å². The first-order chi connectivity index (χ1) is 19.1. The molecule has 2 aliphatic rings. The van der Waals surface area contributed by atoms with E-state index in [1.807, 2.05) is 0 Å². The molecule has 2 fully saturated rings. The summed E-state index contributed by atoms with van der Waals surface area (Å²) >= 11 is 1.52. The summed E-state index contributed by atoms with van der Waals surface area (Å²) in [6.07, 6.45) is 7.36. The smallest absolute Gasteiger partial charge is 0.134 e. The molecule has 4 unspecified atom stereocenters. The topological polar surface area (TPSA) is 46.9 Å². The van der Waals surface area contributed by atoms with Crippen LogP contribution in [0.15, 0.2) is 34.1 Å². The van der Waals surface area contributed by atoms with Gasteiger partial charge in [0, 0.05) is 48.4 Å². The summed E-state index contributed by atoms with van der Waals surface area (Å²) in [4.78, 5) is 6.76. The van der Waals surface area contributed by atoms with Crippen molar-refractivity contribution in [2.75, 3.05) is 0 Å². The van der Waals surface area contributed by atoms with Crippen molar-refractivity contribution in [1.82, 2.24) is 9.80 Å². The number of hydrogen-bond acceptors (Lipinski definition) is 5. The Balaban J connectivity index is 1.77. The molecule has 2 aromatic rings. The highest BCUT2D eigenvalue weighted by Crippen LogP contribution is 2.46. The summed E-state index contributed by atoms with van der Waals surface area (Å²) in [6.45, 7) is 24.2. The first-order valence-corrected chi connectivity index (χ1v) is 16.8. The molecule has 2 N–H and O–H groups in total. The molecule has 228 valence electrons. The van der Waals surface area contributed by atoms with Crippen LogP contribution in [-0.4, -0.2) is 44.2 Å². The van der Waals surface area contributed by atoms with Gasteiger partial charge in [0.1, 0.15) is 11.5 Å². The molecule has 2 aliphatic heterocycles. The van der Waals surface area contributed by atoms with Gasteiger partial charge in [0.05, 0.1) is 9.79 Å². The zero-order valence-corrected chi connectivity index (χ0v) is 28.3. The lowest BCUT2D eigenvalue weighted by molar-refractivity contribution is 0.0941. The molecule has 2 saturated heterocycles. The van der Waals surface area contributed by atoms with Crippen molar-refractivity contribution >= 4 is 11.8 Å². The Morgan fingerprint density at radius 3 is 1.22 bits per heavy atom. The highest BCUT2D eigenvalue weighted by molar-refractivity contribution is 7.99.